The van der Waals surface area contributed by atoms with Crippen molar-refractivity contribution in [3.63, 3.8) is 0 Å². The topological polar surface area (TPSA) is 55.0 Å². The van der Waals surface area contributed by atoms with E-state index in [-0.39, 0.29) is 0 Å². The Balaban J connectivity index is 2.38. The minimum Gasteiger partial charge on any atom is -0.389 e. The van der Waals surface area contributed by atoms with Gasteiger partial charge in [-0.15, -0.1) is 0 Å². The van der Waals surface area contributed by atoms with Gasteiger partial charge in [-0.3, -0.25) is 9.97 Å². The van der Waals surface area contributed by atoms with Gasteiger partial charge in [0.1, 0.15) is 4.99 Å². The first-order valence-electron chi connectivity index (χ1n) is 6.37. The number of hydrogen-bond donors (Lipinski definition) is 1. The molecule has 2 heterocycles. The number of rotatable bonds is 4. The predicted octanol–water partition coefficient (Wildman–Crippen LogP) is 2.36. The van der Waals surface area contributed by atoms with Crippen LogP contribution in [0.4, 0.5) is 5.69 Å². The third-order valence-corrected chi connectivity index (χ3v) is 3.34. The van der Waals surface area contributed by atoms with Crippen LogP contribution in [-0.4, -0.2) is 22.0 Å². The molecule has 20 heavy (non-hydrogen) atoms. The lowest BCUT2D eigenvalue weighted by Gasteiger charge is -2.23. The van der Waals surface area contributed by atoms with E-state index in [0.717, 1.165) is 29.2 Å². The van der Waals surface area contributed by atoms with E-state index in [1.54, 1.807) is 12.4 Å². The number of nitrogens with two attached hydrogens (primary N) is 1. The van der Waals surface area contributed by atoms with Gasteiger partial charge < -0.3 is 10.6 Å². The standard InChI is InChI=1S/C15H18N4S/c1-10-8-13(14(15(16)20)11(2)18-10)19(3)9-12-4-6-17-7-5-12/h4-8H,9H2,1-3H3,(H2,16,20). The lowest BCUT2D eigenvalue weighted by Crippen LogP contribution is -2.23. The molecular formula is C15H18N4S. The summed E-state index contributed by atoms with van der Waals surface area (Å²) in [7, 11) is 2.02. The molecule has 0 unspecified atom stereocenters. The summed E-state index contributed by atoms with van der Waals surface area (Å²) < 4.78 is 0. The summed E-state index contributed by atoms with van der Waals surface area (Å²) >= 11 is 5.17. The molecule has 2 rings (SSSR count). The number of hydrogen-bond acceptors (Lipinski definition) is 4. The third kappa shape index (κ3) is 3.11. The molecule has 4 nitrogen and oxygen atoms in total. The fourth-order valence-electron chi connectivity index (χ4n) is 2.26. The molecule has 0 bridgehead atoms. The number of anilines is 1. The van der Waals surface area contributed by atoms with Gasteiger partial charge in [-0.1, -0.05) is 12.2 Å². The van der Waals surface area contributed by atoms with Gasteiger partial charge in [0.05, 0.1) is 11.3 Å². The molecule has 0 aliphatic carbocycles. The Morgan fingerprint density at radius 3 is 2.55 bits per heavy atom. The summed E-state index contributed by atoms with van der Waals surface area (Å²) in [5.74, 6) is 0. The fourth-order valence-corrected chi connectivity index (χ4v) is 2.51. The summed E-state index contributed by atoms with van der Waals surface area (Å²) in [5.41, 5.74) is 10.7. The Morgan fingerprint density at radius 2 is 1.95 bits per heavy atom. The lowest BCUT2D eigenvalue weighted by molar-refractivity contribution is 0.909. The molecule has 0 radical (unpaired) electrons. The summed E-state index contributed by atoms with van der Waals surface area (Å²) in [6.45, 7) is 4.67. The number of aromatic nitrogens is 2. The fraction of sp³-hybridized carbons (Fsp3) is 0.267. The van der Waals surface area contributed by atoms with Crippen molar-refractivity contribution >= 4 is 22.9 Å². The molecular weight excluding hydrogens is 268 g/mol. The maximum Gasteiger partial charge on any atom is 0.107 e. The smallest absolute Gasteiger partial charge is 0.107 e. The highest BCUT2D eigenvalue weighted by Gasteiger charge is 2.14. The molecule has 0 saturated heterocycles. The van der Waals surface area contributed by atoms with Crippen LogP contribution in [0.3, 0.4) is 0 Å². The Hall–Kier alpha value is -2.01. The van der Waals surface area contributed by atoms with Crippen LogP contribution in [0.5, 0.6) is 0 Å². The average molecular weight is 286 g/mol. The van der Waals surface area contributed by atoms with Crippen molar-refractivity contribution in [2.24, 2.45) is 5.73 Å². The van der Waals surface area contributed by atoms with Crippen LogP contribution < -0.4 is 10.6 Å². The Bertz CT molecular complexity index is 625. The molecule has 0 atom stereocenters. The summed E-state index contributed by atoms with van der Waals surface area (Å²) in [4.78, 5) is 11.0. The van der Waals surface area contributed by atoms with Crippen molar-refractivity contribution < 1.29 is 0 Å². The van der Waals surface area contributed by atoms with E-state index < -0.39 is 0 Å². The Labute approximate surface area is 124 Å². The molecule has 0 amide bonds. The van der Waals surface area contributed by atoms with E-state index in [2.05, 4.69) is 14.9 Å². The van der Waals surface area contributed by atoms with Gasteiger partial charge in [-0.2, -0.15) is 0 Å². The zero-order valence-electron chi connectivity index (χ0n) is 11.9. The van der Waals surface area contributed by atoms with E-state index in [1.165, 1.54) is 5.56 Å². The molecule has 0 aliphatic rings. The molecule has 0 aliphatic heterocycles. The van der Waals surface area contributed by atoms with Gasteiger partial charge in [0, 0.05) is 37.4 Å². The molecule has 5 heteroatoms. The van der Waals surface area contributed by atoms with Crippen molar-refractivity contribution in [2.45, 2.75) is 20.4 Å². The molecule has 0 aromatic carbocycles. The Morgan fingerprint density at radius 1 is 1.30 bits per heavy atom. The monoisotopic (exact) mass is 286 g/mol. The van der Waals surface area contributed by atoms with Crippen molar-refractivity contribution in [2.75, 3.05) is 11.9 Å². The number of nitrogens with zero attached hydrogens (tertiary/aromatic N) is 3. The van der Waals surface area contributed by atoms with Crippen molar-refractivity contribution in [1.82, 2.24) is 9.97 Å². The van der Waals surface area contributed by atoms with Gasteiger partial charge in [0.2, 0.25) is 0 Å². The van der Waals surface area contributed by atoms with Crippen LogP contribution in [0.25, 0.3) is 0 Å². The van der Waals surface area contributed by atoms with Gasteiger partial charge in [-0.05, 0) is 37.6 Å². The number of aryl methyl sites for hydroxylation is 2. The lowest BCUT2D eigenvalue weighted by atomic mass is 10.1. The minimum atomic E-state index is 0.381. The van der Waals surface area contributed by atoms with Crippen LogP contribution >= 0.6 is 12.2 Å². The Kier molecular flexibility index (Phi) is 4.29. The van der Waals surface area contributed by atoms with Crippen molar-refractivity contribution in [3.05, 3.63) is 53.1 Å². The largest absolute Gasteiger partial charge is 0.389 e. The molecule has 2 N–H and O–H groups in total. The highest BCUT2D eigenvalue weighted by molar-refractivity contribution is 7.80. The maximum absolute atomic E-state index is 5.85. The first-order chi connectivity index (χ1) is 9.49. The highest BCUT2D eigenvalue weighted by atomic mass is 32.1. The zero-order chi connectivity index (χ0) is 14.7. The molecule has 2 aromatic heterocycles. The van der Waals surface area contributed by atoms with Gasteiger partial charge >= 0.3 is 0 Å². The highest BCUT2D eigenvalue weighted by Crippen LogP contribution is 2.24. The molecule has 2 aromatic rings. The second kappa shape index (κ2) is 5.96. The minimum absolute atomic E-state index is 0.381. The number of pyridine rings is 2. The van der Waals surface area contributed by atoms with Crippen LogP contribution in [0.1, 0.15) is 22.5 Å². The summed E-state index contributed by atoms with van der Waals surface area (Å²) in [6.07, 6.45) is 3.58. The molecule has 0 fully saturated rings. The van der Waals surface area contributed by atoms with Crippen LogP contribution in [0.15, 0.2) is 30.6 Å². The van der Waals surface area contributed by atoms with Gasteiger partial charge in [0.15, 0.2) is 0 Å². The second-order valence-electron chi connectivity index (χ2n) is 4.82. The first-order valence-corrected chi connectivity index (χ1v) is 6.78. The van der Waals surface area contributed by atoms with Crippen LogP contribution in [0, 0.1) is 13.8 Å². The molecule has 0 spiro atoms. The first kappa shape index (κ1) is 14.4. The van der Waals surface area contributed by atoms with Crippen LogP contribution in [0.2, 0.25) is 0 Å². The van der Waals surface area contributed by atoms with E-state index >= 15 is 0 Å². The molecule has 0 saturated carbocycles. The van der Waals surface area contributed by atoms with Gasteiger partial charge in [0.25, 0.3) is 0 Å². The van der Waals surface area contributed by atoms with E-state index in [1.807, 2.05) is 39.1 Å². The predicted molar refractivity (Wildman–Crippen MR) is 85.9 cm³/mol. The summed E-state index contributed by atoms with van der Waals surface area (Å²) in [6, 6.07) is 6.01. The van der Waals surface area contributed by atoms with Crippen molar-refractivity contribution in [1.29, 1.82) is 0 Å². The molecule has 104 valence electrons. The van der Waals surface area contributed by atoms with Crippen molar-refractivity contribution in [3.8, 4) is 0 Å². The normalized spacial score (nSPS) is 10.3. The SMILES string of the molecule is Cc1cc(N(C)Cc2ccncc2)c(C(N)=S)c(C)n1. The third-order valence-electron chi connectivity index (χ3n) is 3.13. The van der Waals surface area contributed by atoms with Crippen LogP contribution in [-0.2, 0) is 6.54 Å². The second-order valence-corrected chi connectivity index (χ2v) is 5.26. The van der Waals surface area contributed by atoms with E-state index in [0.29, 0.717) is 4.99 Å². The maximum atomic E-state index is 5.85. The quantitative estimate of drug-likeness (QED) is 0.875. The average Bonchev–Trinajstić information content (AvgIpc) is 2.38. The number of thiocarbonyl (C=S) groups is 1. The van der Waals surface area contributed by atoms with E-state index in [4.69, 9.17) is 18.0 Å². The summed E-state index contributed by atoms with van der Waals surface area (Å²) in [5, 5.41) is 0. The van der Waals surface area contributed by atoms with Gasteiger partial charge in [-0.25, -0.2) is 0 Å². The zero-order valence-corrected chi connectivity index (χ0v) is 12.7. The van der Waals surface area contributed by atoms with E-state index in [9.17, 15) is 0 Å².